The molecule has 0 radical (unpaired) electrons. The molecule has 6 heteroatoms. The smallest absolute Gasteiger partial charge is 0.259 e. The first-order valence-corrected chi connectivity index (χ1v) is 6.23. The van der Waals surface area contributed by atoms with E-state index in [1.807, 2.05) is 13.8 Å². The summed E-state index contributed by atoms with van der Waals surface area (Å²) in [6.07, 6.45) is 3.30. The van der Waals surface area contributed by atoms with Crippen LogP contribution in [0.3, 0.4) is 0 Å². The molecule has 0 aliphatic heterocycles. The maximum Gasteiger partial charge on any atom is 0.259 e. The zero-order valence-electron chi connectivity index (χ0n) is 11.6. The lowest BCUT2D eigenvalue weighted by molar-refractivity contribution is 0.102. The number of amides is 1. The second-order valence-electron chi connectivity index (χ2n) is 4.64. The Kier molecular flexibility index (Phi) is 3.93. The molecule has 1 amide bonds. The van der Waals surface area contributed by atoms with Crippen LogP contribution in [0.25, 0.3) is 0 Å². The second-order valence-corrected chi connectivity index (χ2v) is 4.64. The number of carbonyl (C=O) groups is 1. The number of aromatic hydroxyl groups is 1. The van der Waals surface area contributed by atoms with Crippen LogP contribution in [0.4, 0.5) is 5.69 Å². The van der Waals surface area contributed by atoms with E-state index >= 15 is 0 Å². The van der Waals surface area contributed by atoms with Gasteiger partial charge in [0, 0.05) is 12.2 Å². The lowest BCUT2D eigenvalue weighted by Crippen LogP contribution is -2.12. The summed E-state index contributed by atoms with van der Waals surface area (Å²) in [5.74, 6) is -0.00455. The number of methoxy groups -OCH3 is 1. The summed E-state index contributed by atoms with van der Waals surface area (Å²) in [4.78, 5) is 12.1. The first-order chi connectivity index (χ1) is 9.51. The van der Waals surface area contributed by atoms with Crippen molar-refractivity contribution < 1.29 is 14.6 Å². The van der Waals surface area contributed by atoms with Crippen LogP contribution in [-0.4, -0.2) is 27.9 Å². The lowest BCUT2D eigenvalue weighted by Gasteiger charge is -2.07. The summed E-state index contributed by atoms with van der Waals surface area (Å²) >= 11 is 0. The predicted octanol–water partition coefficient (Wildman–Crippen LogP) is 2.43. The topological polar surface area (TPSA) is 76.4 Å². The van der Waals surface area contributed by atoms with Crippen LogP contribution < -0.4 is 10.1 Å². The van der Waals surface area contributed by atoms with E-state index in [2.05, 4.69) is 10.4 Å². The first kappa shape index (κ1) is 13.9. The molecule has 20 heavy (non-hydrogen) atoms. The van der Waals surface area contributed by atoms with Crippen molar-refractivity contribution in [1.29, 1.82) is 0 Å². The molecule has 0 saturated carbocycles. The zero-order valence-corrected chi connectivity index (χ0v) is 11.6. The van der Waals surface area contributed by atoms with E-state index in [4.69, 9.17) is 4.74 Å². The molecule has 0 saturated heterocycles. The Hall–Kier alpha value is -2.50. The molecule has 0 atom stereocenters. The number of benzene rings is 1. The van der Waals surface area contributed by atoms with Crippen LogP contribution in [0.2, 0.25) is 0 Å². The van der Waals surface area contributed by atoms with Crippen LogP contribution in [0.5, 0.6) is 11.5 Å². The highest BCUT2D eigenvalue weighted by atomic mass is 16.5. The number of anilines is 1. The van der Waals surface area contributed by atoms with Gasteiger partial charge in [0.1, 0.15) is 11.5 Å². The van der Waals surface area contributed by atoms with Crippen molar-refractivity contribution in [3.63, 3.8) is 0 Å². The zero-order chi connectivity index (χ0) is 14.7. The predicted molar refractivity (Wildman–Crippen MR) is 75.2 cm³/mol. The van der Waals surface area contributed by atoms with E-state index in [-0.39, 0.29) is 17.4 Å². The molecule has 0 bridgehead atoms. The van der Waals surface area contributed by atoms with E-state index in [1.165, 1.54) is 19.2 Å². The van der Waals surface area contributed by atoms with Gasteiger partial charge >= 0.3 is 0 Å². The van der Waals surface area contributed by atoms with Crippen molar-refractivity contribution in [3.05, 3.63) is 36.2 Å². The van der Waals surface area contributed by atoms with E-state index in [0.717, 1.165) is 0 Å². The molecule has 2 aromatic rings. The van der Waals surface area contributed by atoms with Crippen LogP contribution in [0.1, 0.15) is 30.2 Å². The van der Waals surface area contributed by atoms with E-state index in [1.54, 1.807) is 23.1 Å². The number of phenolic OH excluding ortho intramolecular Hbond substituents is 1. The molecule has 2 rings (SSSR count). The van der Waals surface area contributed by atoms with Crippen molar-refractivity contribution in [3.8, 4) is 11.5 Å². The van der Waals surface area contributed by atoms with Crippen LogP contribution >= 0.6 is 0 Å². The van der Waals surface area contributed by atoms with Gasteiger partial charge in [-0.25, -0.2) is 0 Å². The Morgan fingerprint density at radius 1 is 1.45 bits per heavy atom. The minimum Gasteiger partial charge on any atom is -0.507 e. The fraction of sp³-hybridized carbons (Fsp3) is 0.286. The van der Waals surface area contributed by atoms with Gasteiger partial charge in [0.05, 0.1) is 24.6 Å². The third-order valence-corrected chi connectivity index (χ3v) is 2.84. The average molecular weight is 275 g/mol. The van der Waals surface area contributed by atoms with Gasteiger partial charge in [0.25, 0.3) is 5.91 Å². The van der Waals surface area contributed by atoms with Gasteiger partial charge < -0.3 is 15.2 Å². The summed E-state index contributed by atoms with van der Waals surface area (Å²) in [6.45, 7) is 3.99. The number of hydrogen-bond acceptors (Lipinski definition) is 4. The Morgan fingerprint density at radius 2 is 2.20 bits per heavy atom. The molecular formula is C14H17N3O3. The molecule has 0 aliphatic carbocycles. The number of aromatic nitrogens is 2. The van der Waals surface area contributed by atoms with Crippen molar-refractivity contribution in [2.75, 3.05) is 12.4 Å². The monoisotopic (exact) mass is 275 g/mol. The van der Waals surface area contributed by atoms with Crippen molar-refractivity contribution in [2.24, 2.45) is 0 Å². The Morgan fingerprint density at radius 3 is 2.80 bits per heavy atom. The molecular weight excluding hydrogens is 258 g/mol. The fourth-order valence-corrected chi connectivity index (χ4v) is 1.71. The summed E-state index contributed by atoms with van der Waals surface area (Å²) < 4.78 is 6.78. The van der Waals surface area contributed by atoms with Gasteiger partial charge in [-0.15, -0.1) is 0 Å². The van der Waals surface area contributed by atoms with E-state index in [9.17, 15) is 9.90 Å². The van der Waals surface area contributed by atoms with E-state index < -0.39 is 5.91 Å². The highest BCUT2D eigenvalue weighted by Crippen LogP contribution is 2.24. The Labute approximate surface area is 117 Å². The normalized spacial score (nSPS) is 10.6. The number of ether oxygens (including phenoxy) is 1. The number of carbonyl (C=O) groups excluding carboxylic acids is 1. The summed E-state index contributed by atoms with van der Waals surface area (Å²) in [5.41, 5.74) is 0.729. The first-order valence-electron chi connectivity index (χ1n) is 6.23. The van der Waals surface area contributed by atoms with Crippen LogP contribution in [0, 0.1) is 0 Å². The number of hydrogen-bond donors (Lipinski definition) is 2. The molecule has 106 valence electrons. The van der Waals surface area contributed by atoms with Crippen molar-refractivity contribution in [2.45, 2.75) is 19.9 Å². The van der Waals surface area contributed by atoms with Crippen LogP contribution in [-0.2, 0) is 0 Å². The molecule has 1 aromatic heterocycles. The molecule has 1 heterocycles. The summed E-state index contributed by atoms with van der Waals surface area (Å²) in [7, 11) is 1.50. The fourth-order valence-electron chi connectivity index (χ4n) is 1.71. The average Bonchev–Trinajstić information content (AvgIpc) is 2.88. The summed E-state index contributed by atoms with van der Waals surface area (Å²) in [5, 5.41) is 16.6. The van der Waals surface area contributed by atoms with Gasteiger partial charge in [0.2, 0.25) is 0 Å². The number of rotatable bonds is 4. The molecule has 0 aliphatic rings. The largest absolute Gasteiger partial charge is 0.507 e. The number of nitrogens with one attached hydrogen (secondary N) is 1. The number of nitrogens with zero attached hydrogens (tertiary/aromatic N) is 2. The molecule has 0 unspecified atom stereocenters. The molecule has 0 spiro atoms. The maximum absolute atomic E-state index is 12.1. The van der Waals surface area contributed by atoms with E-state index in [0.29, 0.717) is 11.4 Å². The minimum atomic E-state index is -0.412. The Balaban J connectivity index is 2.19. The third-order valence-electron chi connectivity index (χ3n) is 2.84. The minimum absolute atomic E-state index is 0.0976. The Bertz CT molecular complexity index is 620. The molecule has 6 nitrogen and oxygen atoms in total. The van der Waals surface area contributed by atoms with Gasteiger partial charge in [0.15, 0.2) is 0 Å². The summed E-state index contributed by atoms with van der Waals surface area (Å²) in [6, 6.07) is 4.71. The molecule has 0 fully saturated rings. The van der Waals surface area contributed by atoms with Gasteiger partial charge in [-0.2, -0.15) is 5.10 Å². The van der Waals surface area contributed by atoms with Crippen molar-refractivity contribution in [1.82, 2.24) is 9.78 Å². The number of phenols is 1. The van der Waals surface area contributed by atoms with Gasteiger partial charge in [-0.1, -0.05) is 0 Å². The second kappa shape index (κ2) is 5.64. The SMILES string of the molecule is COc1ccc(O)c(C(=O)Nc2cnn(C(C)C)c2)c1. The highest BCUT2D eigenvalue weighted by Gasteiger charge is 2.13. The van der Waals surface area contributed by atoms with Crippen molar-refractivity contribution >= 4 is 11.6 Å². The van der Waals surface area contributed by atoms with Crippen LogP contribution in [0.15, 0.2) is 30.6 Å². The third kappa shape index (κ3) is 2.90. The highest BCUT2D eigenvalue weighted by molar-refractivity contribution is 6.06. The maximum atomic E-state index is 12.1. The molecule has 1 aromatic carbocycles. The van der Waals surface area contributed by atoms with Gasteiger partial charge in [-0.05, 0) is 32.0 Å². The standard InChI is InChI=1S/C14H17N3O3/c1-9(2)17-8-10(7-15-17)16-14(19)12-6-11(20-3)4-5-13(12)18/h4-9,18H,1-3H3,(H,16,19). The van der Waals surface area contributed by atoms with Gasteiger partial charge in [-0.3, -0.25) is 9.48 Å². The quantitative estimate of drug-likeness (QED) is 0.898. The lowest BCUT2D eigenvalue weighted by atomic mass is 10.1. The molecule has 2 N–H and O–H groups in total.